The van der Waals surface area contributed by atoms with Crippen LogP contribution in [0.15, 0.2) is 29.4 Å². The number of aromatic nitrogens is 3. The quantitative estimate of drug-likeness (QED) is 0.495. The van der Waals surface area contributed by atoms with Crippen LogP contribution in [-0.2, 0) is 0 Å². The van der Waals surface area contributed by atoms with Gasteiger partial charge in [0.05, 0.1) is 15.9 Å². The number of H-pyrrole nitrogens is 1. The van der Waals surface area contributed by atoms with E-state index >= 15 is 0 Å². The highest BCUT2D eigenvalue weighted by Gasteiger charge is 2.19. The summed E-state index contributed by atoms with van der Waals surface area (Å²) in [5.74, 6) is 0.105. The lowest BCUT2D eigenvalue weighted by molar-refractivity contribution is -0.387. The number of carbonyl (C=O) groups excluding carboxylic acids is 1. The molecule has 21 heavy (non-hydrogen) atoms. The Bertz CT molecular complexity index is 659. The maximum Gasteiger partial charge on any atom is 0.283 e. The Morgan fingerprint density at radius 2 is 2.29 bits per heavy atom. The topological polar surface area (TPSA) is 114 Å². The van der Waals surface area contributed by atoms with Gasteiger partial charge in [0.2, 0.25) is 0 Å². The van der Waals surface area contributed by atoms with Crippen molar-refractivity contribution in [2.75, 3.05) is 6.26 Å². The van der Waals surface area contributed by atoms with E-state index in [-0.39, 0.29) is 17.3 Å². The Morgan fingerprint density at radius 3 is 2.86 bits per heavy atom. The molecule has 1 unspecified atom stereocenters. The Morgan fingerprint density at radius 1 is 1.52 bits per heavy atom. The second kappa shape index (κ2) is 6.35. The summed E-state index contributed by atoms with van der Waals surface area (Å²) in [5, 5.41) is 20.1. The van der Waals surface area contributed by atoms with Gasteiger partial charge in [-0.15, -0.1) is 11.8 Å². The second-order valence-corrected chi connectivity index (χ2v) is 5.06. The van der Waals surface area contributed by atoms with Crippen LogP contribution in [0.3, 0.4) is 0 Å². The second-order valence-electron chi connectivity index (χ2n) is 4.21. The molecule has 0 aliphatic heterocycles. The molecule has 1 aromatic carbocycles. The van der Waals surface area contributed by atoms with Crippen LogP contribution in [0.4, 0.5) is 5.69 Å². The van der Waals surface area contributed by atoms with E-state index in [0.29, 0.717) is 10.7 Å². The zero-order valence-corrected chi connectivity index (χ0v) is 12.2. The first-order valence-electron chi connectivity index (χ1n) is 6.01. The summed E-state index contributed by atoms with van der Waals surface area (Å²) in [7, 11) is 0. The molecule has 0 aliphatic carbocycles. The number of carbonyl (C=O) groups is 1. The summed E-state index contributed by atoms with van der Waals surface area (Å²) in [6, 6.07) is 4.02. The van der Waals surface area contributed by atoms with Crippen LogP contribution in [0, 0.1) is 10.1 Å². The van der Waals surface area contributed by atoms with Gasteiger partial charge in [-0.2, -0.15) is 5.10 Å². The van der Waals surface area contributed by atoms with Crippen molar-refractivity contribution in [2.45, 2.75) is 17.9 Å². The number of benzene rings is 1. The zero-order chi connectivity index (χ0) is 15.4. The molecule has 1 aromatic heterocycles. The third kappa shape index (κ3) is 3.37. The van der Waals surface area contributed by atoms with E-state index < -0.39 is 10.8 Å². The normalized spacial score (nSPS) is 11.9. The van der Waals surface area contributed by atoms with Gasteiger partial charge in [0, 0.05) is 11.6 Å². The summed E-state index contributed by atoms with van der Waals surface area (Å²) in [6.45, 7) is 1.74. The number of amides is 1. The highest BCUT2D eigenvalue weighted by Crippen LogP contribution is 2.28. The molecule has 2 aromatic rings. The molecule has 0 fully saturated rings. The van der Waals surface area contributed by atoms with Crippen molar-refractivity contribution >= 4 is 23.4 Å². The maximum atomic E-state index is 12.1. The molecule has 1 amide bonds. The number of hydrogen-bond donors (Lipinski definition) is 2. The molecule has 9 heteroatoms. The third-order valence-electron chi connectivity index (χ3n) is 2.83. The Balaban J connectivity index is 2.19. The number of nitro groups is 1. The summed E-state index contributed by atoms with van der Waals surface area (Å²) >= 11 is 1.26. The molecule has 2 N–H and O–H groups in total. The van der Waals surface area contributed by atoms with Gasteiger partial charge in [0.25, 0.3) is 11.6 Å². The summed E-state index contributed by atoms with van der Waals surface area (Å²) in [5.41, 5.74) is 0.147. The molecule has 0 bridgehead atoms. The number of aromatic amines is 1. The smallest absolute Gasteiger partial charge is 0.283 e. The predicted octanol–water partition coefficient (Wildman–Crippen LogP) is 1.93. The van der Waals surface area contributed by atoms with Gasteiger partial charge >= 0.3 is 0 Å². The van der Waals surface area contributed by atoms with Crippen molar-refractivity contribution in [3.05, 3.63) is 46.0 Å². The number of nitrogens with zero attached hydrogens (tertiary/aromatic N) is 3. The molecule has 0 saturated carbocycles. The summed E-state index contributed by atoms with van der Waals surface area (Å²) in [4.78, 5) is 27.1. The number of nitro benzene ring substituents is 1. The van der Waals surface area contributed by atoms with E-state index in [0.717, 1.165) is 0 Å². The van der Waals surface area contributed by atoms with E-state index in [9.17, 15) is 14.9 Å². The average Bonchev–Trinajstić information content (AvgIpc) is 3.00. The summed E-state index contributed by atoms with van der Waals surface area (Å²) < 4.78 is 0. The summed E-state index contributed by atoms with van der Waals surface area (Å²) in [6.07, 6.45) is 3.09. The van der Waals surface area contributed by atoms with Crippen molar-refractivity contribution in [3.63, 3.8) is 0 Å². The van der Waals surface area contributed by atoms with Crippen molar-refractivity contribution in [2.24, 2.45) is 0 Å². The van der Waals surface area contributed by atoms with Gasteiger partial charge in [-0.1, -0.05) is 0 Å². The Labute approximate surface area is 124 Å². The van der Waals surface area contributed by atoms with E-state index in [1.165, 1.54) is 24.2 Å². The number of nitrogens with one attached hydrogen (secondary N) is 2. The van der Waals surface area contributed by atoms with Crippen molar-refractivity contribution in [3.8, 4) is 0 Å². The highest BCUT2D eigenvalue weighted by atomic mass is 32.2. The van der Waals surface area contributed by atoms with Crippen LogP contribution in [0.2, 0.25) is 0 Å². The molecule has 1 atom stereocenters. The van der Waals surface area contributed by atoms with Crippen LogP contribution in [0.25, 0.3) is 0 Å². The third-order valence-corrected chi connectivity index (χ3v) is 3.61. The van der Waals surface area contributed by atoms with Gasteiger partial charge < -0.3 is 5.32 Å². The molecule has 0 radical (unpaired) electrons. The lowest BCUT2D eigenvalue weighted by Crippen LogP contribution is -2.27. The van der Waals surface area contributed by atoms with Crippen LogP contribution in [-0.4, -0.2) is 32.3 Å². The van der Waals surface area contributed by atoms with Gasteiger partial charge in [0.1, 0.15) is 12.2 Å². The lowest BCUT2D eigenvalue weighted by atomic mass is 10.1. The fourth-order valence-corrected chi connectivity index (χ4v) is 2.29. The monoisotopic (exact) mass is 307 g/mol. The Kier molecular flexibility index (Phi) is 4.53. The SMILES string of the molecule is CSc1ccc(C(=O)NC(C)c2ncn[nH]2)cc1[N+](=O)[O-]. The van der Waals surface area contributed by atoms with Crippen LogP contribution in [0.1, 0.15) is 29.1 Å². The Hall–Kier alpha value is -2.42. The van der Waals surface area contributed by atoms with Gasteiger partial charge in [0.15, 0.2) is 0 Å². The van der Waals surface area contributed by atoms with Gasteiger partial charge in [-0.3, -0.25) is 20.0 Å². The zero-order valence-electron chi connectivity index (χ0n) is 11.4. The first-order chi connectivity index (χ1) is 10.0. The lowest BCUT2D eigenvalue weighted by Gasteiger charge is -2.11. The van der Waals surface area contributed by atoms with Crippen molar-refractivity contribution < 1.29 is 9.72 Å². The minimum atomic E-state index is -0.498. The molecular weight excluding hydrogens is 294 g/mol. The maximum absolute atomic E-state index is 12.1. The molecule has 0 spiro atoms. The van der Waals surface area contributed by atoms with E-state index in [1.807, 2.05) is 0 Å². The van der Waals surface area contributed by atoms with Crippen molar-refractivity contribution in [1.29, 1.82) is 0 Å². The van der Waals surface area contributed by atoms with Crippen LogP contribution >= 0.6 is 11.8 Å². The minimum absolute atomic E-state index is 0.0810. The highest BCUT2D eigenvalue weighted by molar-refractivity contribution is 7.98. The molecular formula is C12H13N5O3S. The molecule has 0 saturated heterocycles. The van der Waals surface area contributed by atoms with Gasteiger partial charge in [-0.25, -0.2) is 4.98 Å². The average molecular weight is 307 g/mol. The number of rotatable bonds is 5. The number of thioether (sulfide) groups is 1. The molecule has 8 nitrogen and oxygen atoms in total. The first-order valence-corrected chi connectivity index (χ1v) is 7.24. The fraction of sp³-hybridized carbons (Fsp3) is 0.250. The molecule has 0 aliphatic rings. The van der Waals surface area contributed by atoms with Crippen LogP contribution in [0.5, 0.6) is 0 Å². The van der Waals surface area contributed by atoms with E-state index in [2.05, 4.69) is 20.5 Å². The van der Waals surface area contributed by atoms with Gasteiger partial charge in [-0.05, 0) is 25.3 Å². The molecule has 2 rings (SSSR count). The number of hydrogen-bond acceptors (Lipinski definition) is 6. The predicted molar refractivity (Wildman–Crippen MR) is 77.1 cm³/mol. The van der Waals surface area contributed by atoms with Crippen LogP contribution < -0.4 is 5.32 Å². The first kappa shape index (κ1) is 15.0. The molecule has 110 valence electrons. The largest absolute Gasteiger partial charge is 0.342 e. The molecule has 1 heterocycles. The fourth-order valence-electron chi connectivity index (χ4n) is 1.75. The standard InChI is InChI=1S/C12H13N5O3S/c1-7(11-13-6-14-16-11)15-12(18)8-3-4-10(21-2)9(5-8)17(19)20/h3-7H,1-2H3,(H,15,18)(H,13,14,16). The minimum Gasteiger partial charge on any atom is -0.342 e. The van der Waals surface area contributed by atoms with E-state index in [4.69, 9.17) is 0 Å². The van der Waals surface area contributed by atoms with Crippen molar-refractivity contribution in [1.82, 2.24) is 20.5 Å². The van der Waals surface area contributed by atoms with E-state index in [1.54, 1.807) is 25.3 Å².